The molecule has 0 amide bonds. The highest BCUT2D eigenvalue weighted by Crippen LogP contribution is 2.15. The van der Waals surface area contributed by atoms with Gasteiger partial charge >= 0.3 is 17.9 Å². The van der Waals surface area contributed by atoms with Crippen molar-refractivity contribution in [3.8, 4) is 0 Å². The molecule has 0 N–H and O–H groups in total. The SMILES string of the molecule is CC/C=C\C/C=C\C/C=C\C/C=C\C/C=C\C/C=C\CCCCC(=O)OCC(COC(=O)CCCCCCCCC)OC(=O)CCCCCCCCCCC/C=C\CCCCCCCCCC. The number of ether oxygens (including phenoxy) is 3. The van der Waals surface area contributed by atoms with E-state index in [1.807, 2.05) is 0 Å². The Balaban J connectivity index is 4.29. The second-order valence-electron chi connectivity index (χ2n) is 18.5. The minimum atomic E-state index is -0.793. The first-order valence-electron chi connectivity index (χ1n) is 28.1. The third-order valence-electron chi connectivity index (χ3n) is 11.9. The Morgan fingerprint density at radius 3 is 0.955 bits per heavy atom. The fourth-order valence-corrected chi connectivity index (χ4v) is 7.68. The summed E-state index contributed by atoms with van der Waals surface area (Å²) >= 11 is 0. The molecule has 0 saturated heterocycles. The first-order chi connectivity index (χ1) is 33.0. The second kappa shape index (κ2) is 55.2. The summed E-state index contributed by atoms with van der Waals surface area (Å²) in [5.41, 5.74) is 0. The van der Waals surface area contributed by atoms with Gasteiger partial charge in [0.2, 0.25) is 0 Å². The maximum atomic E-state index is 12.8. The van der Waals surface area contributed by atoms with Crippen LogP contribution >= 0.6 is 0 Å². The minimum Gasteiger partial charge on any atom is -0.462 e. The first kappa shape index (κ1) is 63.6. The van der Waals surface area contributed by atoms with Crippen molar-refractivity contribution in [2.45, 2.75) is 271 Å². The normalized spacial score (nSPS) is 12.7. The largest absolute Gasteiger partial charge is 0.462 e. The van der Waals surface area contributed by atoms with Crippen LogP contribution in [0, 0.1) is 0 Å². The number of esters is 3. The third-order valence-corrected chi connectivity index (χ3v) is 11.9. The van der Waals surface area contributed by atoms with Gasteiger partial charge in [-0.1, -0.05) is 234 Å². The number of unbranched alkanes of at least 4 members (excludes halogenated alkanes) is 25. The molecule has 0 fully saturated rings. The summed E-state index contributed by atoms with van der Waals surface area (Å²) in [6.45, 7) is 6.45. The van der Waals surface area contributed by atoms with Gasteiger partial charge in [-0.3, -0.25) is 14.4 Å². The van der Waals surface area contributed by atoms with Crippen LogP contribution in [0.1, 0.15) is 265 Å². The minimum absolute atomic E-state index is 0.0906. The standard InChI is InChI=1S/C61H104O6/c1-4-7-10-13-16-18-20-22-24-26-28-30-32-34-36-38-40-42-45-48-51-54-60(63)66-57-58(56-65-59(62)53-50-47-44-15-12-9-6-3)67-61(64)55-52-49-46-43-41-39-37-35-33-31-29-27-25-23-21-19-17-14-11-8-5-2/h7,10,16,18,22,24,27-30,34,36,40,42,58H,4-6,8-9,11-15,17,19-21,23,25-26,31-33,35,37-39,41,43-57H2,1-3H3/b10-7-,18-16-,24-22-,29-27-,30-28-,36-34-,42-40-. The number of hydrogen-bond donors (Lipinski definition) is 0. The van der Waals surface area contributed by atoms with Crippen LogP contribution in [0.2, 0.25) is 0 Å². The molecule has 0 saturated carbocycles. The third kappa shape index (κ3) is 53.4. The van der Waals surface area contributed by atoms with Gasteiger partial charge in [-0.05, 0) is 96.3 Å². The highest BCUT2D eigenvalue weighted by atomic mass is 16.6. The molecule has 0 aromatic rings. The lowest BCUT2D eigenvalue weighted by Crippen LogP contribution is -2.30. The lowest BCUT2D eigenvalue weighted by Gasteiger charge is -2.18. The summed E-state index contributed by atoms with van der Waals surface area (Å²) in [5, 5.41) is 0. The highest BCUT2D eigenvalue weighted by Gasteiger charge is 2.19. The van der Waals surface area contributed by atoms with E-state index in [1.54, 1.807) is 0 Å². The van der Waals surface area contributed by atoms with Crippen molar-refractivity contribution in [2.24, 2.45) is 0 Å². The lowest BCUT2D eigenvalue weighted by atomic mass is 10.1. The van der Waals surface area contributed by atoms with Crippen LogP contribution in [0.15, 0.2) is 85.1 Å². The molecule has 0 spiro atoms. The predicted molar refractivity (Wildman–Crippen MR) is 288 cm³/mol. The Labute approximate surface area is 414 Å². The van der Waals surface area contributed by atoms with E-state index < -0.39 is 6.10 Å². The van der Waals surface area contributed by atoms with Gasteiger partial charge in [0.25, 0.3) is 0 Å². The zero-order valence-corrected chi connectivity index (χ0v) is 43.9. The van der Waals surface area contributed by atoms with E-state index in [2.05, 4.69) is 106 Å². The molecule has 0 aliphatic heterocycles. The van der Waals surface area contributed by atoms with Crippen molar-refractivity contribution in [1.29, 1.82) is 0 Å². The van der Waals surface area contributed by atoms with Gasteiger partial charge in [-0.2, -0.15) is 0 Å². The molecule has 0 heterocycles. The highest BCUT2D eigenvalue weighted by molar-refractivity contribution is 5.71. The van der Waals surface area contributed by atoms with E-state index in [4.69, 9.17) is 14.2 Å². The topological polar surface area (TPSA) is 78.9 Å². The molecule has 1 unspecified atom stereocenters. The van der Waals surface area contributed by atoms with Crippen molar-refractivity contribution in [3.05, 3.63) is 85.1 Å². The number of rotatable bonds is 50. The fraction of sp³-hybridized carbons (Fsp3) is 0.721. The van der Waals surface area contributed by atoms with Crippen molar-refractivity contribution in [1.82, 2.24) is 0 Å². The maximum absolute atomic E-state index is 12.8. The Morgan fingerprint density at radius 2 is 0.582 bits per heavy atom. The van der Waals surface area contributed by atoms with Crippen LogP contribution < -0.4 is 0 Å². The molecule has 0 rings (SSSR count). The number of hydrogen-bond acceptors (Lipinski definition) is 6. The molecule has 0 radical (unpaired) electrons. The summed E-state index contributed by atoms with van der Waals surface area (Å²) in [6, 6.07) is 0. The van der Waals surface area contributed by atoms with Gasteiger partial charge in [-0.25, -0.2) is 0 Å². The summed E-state index contributed by atoms with van der Waals surface area (Å²) in [5.74, 6) is -0.941. The maximum Gasteiger partial charge on any atom is 0.306 e. The molecule has 0 bridgehead atoms. The van der Waals surface area contributed by atoms with Crippen LogP contribution in [-0.2, 0) is 28.6 Å². The second-order valence-corrected chi connectivity index (χ2v) is 18.5. The van der Waals surface area contributed by atoms with E-state index in [0.29, 0.717) is 19.3 Å². The summed E-state index contributed by atoms with van der Waals surface area (Å²) in [4.78, 5) is 37.9. The Kier molecular flexibility index (Phi) is 52.4. The Bertz CT molecular complexity index is 1300. The predicted octanol–water partition coefficient (Wildman–Crippen LogP) is 18.8. The molecule has 6 nitrogen and oxygen atoms in total. The van der Waals surface area contributed by atoms with Gasteiger partial charge in [-0.15, -0.1) is 0 Å². The molecule has 0 aliphatic rings. The van der Waals surface area contributed by atoms with Crippen molar-refractivity contribution >= 4 is 17.9 Å². The Hall–Kier alpha value is -3.41. The van der Waals surface area contributed by atoms with Crippen molar-refractivity contribution in [2.75, 3.05) is 13.2 Å². The molecule has 0 aromatic heterocycles. The molecule has 0 aromatic carbocycles. The lowest BCUT2D eigenvalue weighted by molar-refractivity contribution is -0.167. The summed E-state index contributed by atoms with van der Waals surface area (Å²) < 4.78 is 16.7. The molecular formula is C61H104O6. The van der Waals surface area contributed by atoms with Crippen LogP contribution in [-0.4, -0.2) is 37.2 Å². The monoisotopic (exact) mass is 933 g/mol. The van der Waals surface area contributed by atoms with Crippen LogP contribution in [0.4, 0.5) is 0 Å². The smallest absolute Gasteiger partial charge is 0.306 e. The Morgan fingerprint density at radius 1 is 0.313 bits per heavy atom. The van der Waals surface area contributed by atoms with Crippen molar-refractivity contribution < 1.29 is 28.6 Å². The molecule has 1 atom stereocenters. The quantitative estimate of drug-likeness (QED) is 0.0262. The van der Waals surface area contributed by atoms with Gasteiger partial charge < -0.3 is 14.2 Å². The molecular weight excluding hydrogens is 829 g/mol. The fourth-order valence-electron chi connectivity index (χ4n) is 7.68. The van der Waals surface area contributed by atoms with E-state index in [-0.39, 0.29) is 31.1 Å². The van der Waals surface area contributed by atoms with Gasteiger partial charge in [0.1, 0.15) is 13.2 Å². The number of carbonyl (C=O) groups is 3. The zero-order chi connectivity index (χ0) is 48.6. The van der Waals surface area contributed by atoms with Gasteiger partial charge in [0.05, 0.1) is 0 Å². The molecule has 384 valence electrons. The summed E-state index contributed by atoms with van der Waals surface area (Å²) in [7, 11) is 0. The molecule has 67 heavy (non-hydrogen) atoms. The van der Waals surface area contributed by atoms with Crippen LogP contribution in [0.25, 0.3) is 0 Å². The number of carbonyl (C=O) groups excluding carboxylic acids is 3. The van der Waals surface area contributed by atoms with Gasteiger partial charge in [0.15, 0.2) is 6.10 Å². The average molecular weight is 933 g/mol. The van der Waals surface area contributed by atoms with Crippen LogP contribution in [0.5, 0.6) is 0 Å². The first-order valence-corrected chi connectivity index (χ1v) is 28.1. The van der Waals surface area contributed by atoms with Crippen molar-refractivity contribution in [3.63, 3.8) is 0 Å². The summed E-state index contributed by atoms with van der Waals surface area (Å²) in [6.07, 6.45) is 71.7. The zero-order valence-electron chi connectivity index (χ0n) is 43.9. The van der Waals surface area contributed by atoms with Gasteiger partial charge in [0, 0.05) is 19.3 Å². The van der Waals surface area contributed by atoms with E-state index in [9.17, 15) is 14.4 Å². The average Bonchev–Trinajstić information content (AvgIpc) is 3.33. The van der Waals surface area contributed by atoms with E-state index in [0.717, 1.165) is 96.3 Å². The molecule has 6 heteroatoms. The number of allylic oxidation sites excluding steroid dienone is 14. The van der Waals surface area contributed by atoms with E-state index >= 15 is 0 Å². The molecule has 0 aliphatic carbocycles. The van der Waals surface area contributed by atoms with E-state index in [1.165, 1.54) is 128 Å². The van der Waals surface area contributed by atoms with Crippen LogP contribution in [0.3, 0.4) is 0 Å².